The van der Waals surface area contributed by atoms with Crippen molar-refractivity contribution in [1.82, 2.24) is 0 Å². The predicted octanol–water partition coefficient (Wildman–Crippen LogP) is 1.35. The number of nitrogens with one attached hydrogen (secondary N) is 1. The number of anilines is 1. The number of hydrogen-bond donors (Lipinski definition) is 1. The van der Waals surface area contributed by atoms with Gasteiger partial charge >= 0.3 is 5.97 Å². The third kappa shape index (κ3) is 1.87. The van der Waals surface area contributed by atoms with Crippen molar-refractivity contribution in [1.29, 1.82) is 0 Å². The zero-order valence-corrected chi connectivity index (χ0v) is 9.10. The number of hydrogen-bond acceptors (Lipinski definition) is 4. The minimum Gasteiger partial charge on any atom is -0.462 e. The van der Waals surface area contributed by atoms with Crippen molar-refractivity contribution >= 4 is 22.5 Å². The number of carbonyl (C=O) groups is 1. The number of ether oxygens (including phenoxy) is 1. The molecule has 1 aliphatic rings. The van der Waals surface area contributed by atoms with Gasteiger partial charge in [0, 0.05) is 0 Å². The van der Waals surface area contributed by atoms with E-state index < -0.39 is 10.8 Å². The van der Waals surface area contributed by atoms with Gasteiger partial charge in [-0.25, -0.2) is 4.79 Å². The van der Waals surface area contributed by atoms with Crippen LogP contribution in [0.15, 0.2) is 23.1 Å². The fraction of sp³-hybridized carbons (Fsp3) is 0.300. The first-order chi connectivity index (χ1) is 7.22. The lowest BCUT2D eigenvalue weighted by atomic mass is 10.2. The molecule has 5 heteroatoms. The van der Waals surface area contributed by atoms with Crippen molar-refractivity contribution in [2.45, 2.75) is 11.8 Å². The summed E-state index contributed by atoms with van der Waals surface area (Å²) in [6, 6.07) is 5.06. The molecule has 1 aromatic carbocycles. The summed E-state index contributed by atoms with van der Waals surface area (Å²) in [4.78, 5) is 12.1. The highest BCUT2D eigenvalue weighted by Gasteiger charge is 2.19. The van der Waals surface area contributed by atoms with Crippen molar-refractivity contribution in [2.75, 3.05) is 17.8 Å². The summed E-state index contributed by atoms with van der Waals surface area (Å²) in [5, 5.41) is 3.00. The Kier molecular flexibility index (Phi) is 2.73. The SMILES string of the molecule is CCOC(=O)c1ccc2c(c1)S(=O)CN2. The average molecular weight is 225 g/mol. The summed E-state index contributed by atoms with van der Waals surface area (Å²) in [7, 11) is -1.05. The lowest BCUT2D eigenvalue weighted by Gasteiger charge is -2.03. The van der Waals surface area contributed by atoms with Gasteiger partial charge in [-0.1, -0.05) is 0 Å². The Bertz CT molecular complexity index is 431. The Morgan fingerprint density at radius 2 is 2.40 bits per heavy atom. The molecule has 4 nitrogen and oxygen atoms in total. The predicted molar refractivity (Wildman–Crippen MR) is 57.3 cm³/mol. The molecule has 0 aliphatic carbocycles. The fourth-order valence-electron chi connectivity index (χ4n) is 1.42. The molecular formula is C10H11NO3S. The van der Waals surface area contributed by atoms with Crippen LogP contribution in [0.3, 0.4) is 0 Å². The van der Waals surface area contributed by atoms with E-state index in [0.29, 0.717) is 22.9 Å². The average Bonchev–Trinajstić information content (AvgIpc) is 2.60. The molecule has 0 aromatic heterocycles. The lowest BCUT2D eigenvalue weighted by molar-refractivity contribution is 0.0526. The van der Waals surface area contributed by atoms with E-state index in [1.54, 1.807) is 25.1 Å². The van der Waals surface area contributed by atoms with Crippen LogP contribution in [0, 0.1) is 0 Å². The second-order valence-electron chi connectivity index (χ2n) is 3.10. The van der Waals surface area contributed by atoms with Crippen molar-refractivity contribution in [3.63, 3.8) is 0 Å². The molecule has 0 spiro atoms. The first kappa shape index (κ1) is 10.2. The van der Waals surface area contributed by atoms with Crippen molar-refractivity contribution in [2.24, 2.45) is 0 Å². The van der Waals surface area contributed by atoms with E-state index in [9.17, 15) is 9.00 Å². The highest BCUT2D eigenvalue weighted by Crippen LogP contribution is 2.26. The quantitative estimate of drug-likeness (QED) is 0.772. The molecule has 1 N–H and O–H groups in total. The van der Waals surface area contributed by atoms with E-state index in [-0.39, 0.29) is 5.97 Å². The van der Waals surface area contributed by atoms with Gasteiger partial charge in [0.1, 0.15) is 0 Å². The third-order valence-electron chi connectivity index (χ3n) is 2.13. The molecule has 0 saturated carbocycles. The van der Waals surface area contributed by atoms with Crippen LogP contribution >= 0.6 is 0 Å². The molecule has 0 radical (unpaired) electrons. The number of fused-ring (bicyclic) bond motifs is 1. The van der Waals surface area contributed by atoms with E-state index in [4.69, 9.17) is 4.74 Å². The Labute approximate surface area is 90.1 Å². The van der Waals surface area contributed by atoms with E-state index in [2.05, 4.69) is 5.32 Å². The molecule has 0 bridgehead atoms. The lowest BCUT2D eigenvalue weighted by Crippen LogP contribution is -2.04. The zero-order valence-electron chi connectivity index (χ0n) is 8.28. The molecule has 1 aromatic rings. The smallest absolute Gasteiger partial charge is 0.338 e. The van der Waals surface area contributed by atoms with Gasteiger partial charge in [0.2, 0.25) is 0 Å². The van der Waals surface area contributed by atoms with Gasteiger partial charge in [-0.3, -0.25) is 4.21 Å². The maximum Gasteiger partial charge on any atom is 0.338 e. The summed E-state index contributed by atoms with van der Waals surface area (Å²) in [5.41, 5.74) is 1.29. The topological polar surface area (TPSA) is 55.4 Å². The summed E-state index contributed by atoms with van der Waals surface area (Å²) >= 11 is 0. The number of rotatable bonds is 2. The highest BCUT2D eigenvalue weighted by atomic mass is 32.2. The maximum atomic E-state index is 11.5. The van der Waals surface area contributed by atoms with E-state index in [0.717, 1.165) is 5.69 Å². The van der Waals surface area contributed by atoms with Crippen molar-refractivity contribution in [3.05, 3.63) is 23.8 Å². The van der Waals surface area contributed by atoms with Gasteiger partial charge in [0.15, 0.2) is 0 Å². The molecule has 15 heavy (non-hydrogen) atoms. The number of esters is 1. The molecule has 2 rings (SSSR count). The van der Waals surface area contributed by atoms with E-state index >= 15 is 0 Å². The second kappa shape index (κ2) is 4.02. The molecule has 80 valence electrons. The monoisotopic (exact) mass is 225 g/mol. The van der Waals surface area contributed by atoms with Crippen LogP contribution in [0.5, 0.6) is 0 Å². The molecule has 0 saturated heterocycles. The van der Waals surface area contributed by atoms with Gasteiger partial charge in [-0.05, 0) is 25.1 Å². The molecular weight excluding hydrogens is 214 g/mol. The molecule has 1 aliphatic heterocycles. The second-order valence-corrected chi connectivity index (χ2v) is 4.52. The van der Waals surface area contributed by atoms with Crippen LogP contribution in [-0.2, 0) is 15.5 Å². The van der Waals surface area contributed by atoms with Crippen molar-refractivity contribution in [3.8, 4) is 0 Å². The van der Waals surface area contributed by atoms with Crippen LogP contribution in [0.2, 0.25) is 0 Å². The first-order valence-electron chi connectivity index (χ1n) is 4.66. The van der Waals surface area contributed by atoms with Gasteiger partial charge in [0.05, 0.1) is 39.4 Å². The van der Waals surface area contributed by atoms with Crippen LogP contribution in [0.1, 0.15) is 17.3 Å². The standard InChI is InChI=1S/C10H11NO3S/c1-2-14-10(12)7-3-4-8-9(5-7)15(13)6-11-8/h3-5,11H,2,6H2,1H3. The summed E-state index contributed by atoms with van der Waals surface area (Å²) < 4.78 is 16.4. The number of carbonyl (C=O) groups excluding carboxylic acids is 1. The van der Waals surface area contributed by atoms with Crippen LogP contribution in [0.4, 0.5) is 5.69 Å². The highest BCUT2D eigenvalue weighted by molar-refractivity contribution is 7.85. The zero-order chi connectivity index (χ0) is 10.8. The molecule has 0 fully saturated rings. The van der Waals surface area contributed by atoms with Gasteiger partial charge in [0.25, 0.3) is 0 Å². The van der Waals surface area contributed by atoms with Crippen molar-refractivity contribution < 1.29 is 13.7 Å². The Morgan fingerprint density at radius 1 is 1.60 bits per heavy atom. The Balaban J connectivity index is 2.33. The fourth-order valence-corrected chi connectivity index (χ4v) is 2.51. The van der Waals surface area contributed by atoms with Crippen LogP contribution < -0.4 is 5.32 Å². The summed E-state index contributed by atoms with van der Waals surface area (Å²) in [5.74, 6) is 0.0472. The molecule has 1 unspecified atom stereocenters. The first-order valence-corrected chi connectivity index (χ1v) is 5.97. The van der Waals surface area contributed by atoms with Gasteiger partial charge in [-0.2, -0.15) is 0 Å². The molecule has 0 amide bonds. The largest absolute Gasteiger partial charge is 0.462 e. The van der Waals surface area contributed by atoms with Crippen LogP contribution in [0.25, 0.3) is 0 Å². The van der Waals surface area contributed by atoms with E-state index in [1.165, 1.54) is 0 Å². The summed E-state index contributed by atoms with van der Waals surface area (Å²) in [6.45, 7) is 2.10. The third-order valence-corrected chi connectivity index (χ3v) is 3.37. The minimum atomic E-state index is -1.05. The molecule has 1 heterocycles. The minimum absolute atomic E-state index is 0.345. The van der Waals surface area contributed by atoms with Crippen LogP contribution in [-0.4, -0.2) is 22.7 Å². The normalized spacial score (nSPS) is 18.1. The summed E-state index contributed by atoms with van der Waals surface area (Å²) in [6.07, 6.45) is 0. The Hall–Kier alpha value is -1.36. The van der Waals surface area contributed by atoms with E-state index in [1.807, 2.05) is 0 Å². The Morgan fingerprint density at radius 3 is 3.13 bits per heavy atom. The molecule has 1 atom stereocenters. The van der Waals surface area contributed by atoms with Gasteiger partial charge < -0.3 is 10.1 Å². The van der Waals surface area contributed by atoms with Gasteiger partial charge in [-0.15, -0.1) is 0 Å². The maximum absolute atomic E-state index is 11.5. The number of benzene rings is 1.